The highest BCUT2D eigenvalue weighted by atomic mass is 16.4. The number of para-hydroxylation sites is 2. The molecule has 0 bridgehead atoms. The maximum absolute atomic E-state index is 5.63. The molecule has 1 aliphatic heterocycles. The van der Waals surface area contributed by atoms with Gasteiger partial charge in [-0.2, -0.15) is 4.98 Å². The highest BCUT2D eigenvalue weighted by Crippen LogP contribution is 2.17. The number of hydrogen-bond donors (Lipinski definition) is 1. The van der Waals surface area contributed by atoms with Crippen molar-refractivity contribution in [2.45, 2.75) is 0 Å². The maximum Gasteiger partial charge on any atom is 0.295 e. The summed E-state index contributed by atoms with van der Waals surface area (Å²) < 4.78 is 5.63. The topological polar surface area (TPSA) is 44.5 Å². The lowest BCUT2D eigenvalue weighted by Gasteiger charge is -2.32. The van der Waals surface area contributed by atoms with Gasteiger partial charge in [-0.15, -0.1) is 0 Å². The molecule has 0 unspecified atom stereocenters. The fourth-order valence-electron chi connectivity index (χ4n) is 2.34. The molecule has 1 aromatic carbocycles. The Balaban J connectivity index is 1.49. The van der Waals surface area contributed by atoms with E-state index in [-0.39, 0.29) is 0 Å². The first kappa shape index (κ1) is 12.4. The van der Waals surface area contributed by atoms with E-state index in [1.54, 1.807) is 0 Å². The number of oxazole rings is 1. The van der Waals surface area contributed by atoms with Crippen LogP contribution in [0.25, 0.3) is 11.1 Å². The van der Waals surface area contributed by atoms with E-state index >= 15 is 0 Å². The first-order chi connectivity index (χ1) is 9.31. The second-order valence-electron chi connectivity index (χ2n) is 5.06. The molecule has 0 amide bonds. The summed E-state index contributed by atoms with van der Waals surface area (Å²) in [4.78, 5) is 9.24. The first-order valence-electron chi connectivity index (χ1n) is 6.81. The Kier molecular flexibility index (Phi) is 3.66. The third-order valence-corrected chi connectivity index (χ3v) is 3.59. The van der Waals surface area contributed by atoms with Crippen molar-refractivity contribution in [2.24, 2.45) is 0 Å². The molecule has 3 rings (SSSR count). The van der Waals surface area contributed by atoms with Crippen LogP contribution in [-0.2, 0) is 0 Å². The standard InChI is InChI=1S/C14H20N4O/c1-17-8-10-18(11-9-17)7-6-15-14-16-12-4-2-3-5-13(12)19-14/h2-5H,6-11H2,1H3,(H,15,16). The number of piperazine rings is 1. The zero-order valence-corrected chi connectivity index (χ0v) is 11.3. The van der Waals surface area contributed by atoms with Gasteiger partial charge in [-0.05, 0) is 19.2 Å². The van der Waals surface area contributed by atoms with Gasteiger partial charge < -0.3 is 14.6 Å². The Morgan fingerprint density at radius 2 is 2.00 bits per heavy atom. The minimum absolute atomic E-state index is 0.621. The molecule has 2 aromatic rings. The van der Waals surface area contributed by atoms with E-state index in [1.807, 2.05) is 24.3 Å². The lowest BCUT2D eigenvalue weighted by atomic mass is 10.3. The van der Waals surface area contributed by atoms with Gasteiger partial charge in [0.05, 0.1) is 0 Å². The highest BCUT2D eigenvalue weighted by molar-refractivity contribution is 5.74. The minimum atomic E-state index is 0.621. The lowest BCUT2D eigenvalue weighted by molar-refractivity contribution is 0.158. The van der Waals surface area contributed by atoms with Crippen molar-refractivity contribution in [3.05, 3.63) is 24.3 Å². The van der Waals surface area contributed by atoms with E-state index in [4.69, 9.17) is 4.42 Å². The van der Waals surface area contributed by atoms with Crippen molar-refractivity contribution >= 4 is 17.1 Å². The van der Waals surface area contributed by atoms with Crippen LogP contribution in [0.4, 0.5) is 6.01 Å². The van der Waals surface area contributed by atoms with Crippen molar-refractivity contribution < 1.29 is 4.42 Å². The Labute approximate surface area is 113 Å². The van der Waals surface area contributed by atoms with E-state index in [0.29, 0.717) is 6.01 Å². The third kappa shape index (κ3) is 3.05. The van der Waals surface area contributed by atoms with Crippen molar-refractivity contribution in [1.29, 1.82) is 0 Å². The molecule has 0 spiro atoms. The average molecular weight is 260 g/mol. The van der Waals surface area contributed by atoms with Crippen LogP contribution in [0.2, 0.25) is 0 Å². The monoisotopic (exact) mass is 260 g/mol. The van der Waals surface area contributed by atoms with Crippen LogP contribution in [0.5, 0.6) is 0 Å². The van der Waals surface area contributed by atoms with Crippen molar-refractivity contribution in [3.63, 3.8) is 0 Å². The molecular formula is C14H20N4O. The summed E-state index contributed by atoms with van der Waals surface area (Å²) in [6.07, 6.45) is 0. The zero-order chi connectivity index (χ0) is 13.1. The Morgan fingerprint density at radius 3 is 2.79 bits per heavy atom. The molecule has 0 saturated carbocycles. The molecular weight excluding hydrogens is 240 g/mol. The predicted octanol–water partition coefficient (Wildman–Crippen LogP) is 1.49. The van der Waals surface area contributed by atoms with Crippen LogP contribution in [0.15, 0.2) is 28.7 Å². The van der Waals surface area contributed by atoms with E-state index in [9.17, 15) is 0 Å². The number of fused-ring (bicyclic) bond motifs is 1. The molecule has 0 aliphatic carbocycles. The summed E-state index contributed by atoms with van der Waals surface area (Å²) in [7, 11) is 2.17. The van der Waals surface area contributed by atoms with Crippen molar-refractivity contribution in [2.75, 3.05) is 51.6 Å². The van der Waals surface area contributed by atoms with Gasteiger partial charge in [-0.1, -0.05) is 12.1 Å². The summed E-state index contributed by atoms with van der Waals surface area (Å²) in [6, 6.07) is 8.45. The molecule has 1 saturated heterocycles. The Bertz CT molecular complexity index is 498. The van der Waals surface area contributed by atoms with Crippen LogP contribution in [-0.4, -0.2) is 61.1 Å². The second-order valence-corrected chi connectivity index (χ2v) is 5.06. The number of benzene rings is 1. The largest absolute Gasteiger partial charge is 0.424 e. The van der Waals surface area contributed by atoms with E-state index < -0.39 is 0 Å². The normalized spacial score (nSPS) is 17.9. The number of nitrogens with one attached hydrogen (secondary N) is 1. The van der Waals surface area contributed by atoms with Crippen LogP contribution in [0.1, 0.15) is 0 Å². The van der Waals surface area contributed by atoms with Gasteiger partial charge >= 0.3 is 0 Å². The van der Waals surface area contributed by atoms with E-state index in [2.05, 4.69) is 27.1 Å². The number of aromatic nitrogens is 1. The molecule has 5 nitrogen and oxygen atoms in total. The Morgan fingerprint density at radius 1 is 1.21 bits per heavy atom. The molecule has 1 fully saturated rings. The quantitative estimate of drug-likeness (QED) is 0.902. The van der Waals surface area contributed by atoms with Crippen LogP contribution in [0.3, 0.4) is 0 Å². The second kappa shape index (κ2) is 5.59. The molecule has 5 heteroatoms. The molecule has 1 aliphatic rings. The average Bonchev–Trinajstić information content (AvgIpc) is 2.83. The number of hydrogen-bond acceptors (Lipinski definition) is 5. The van der Waals surface area contributed by atoms with E-state index in [0.717, 1.165) is 50.4 Å². The third-order valence-electron chi connectivity index (χ3n) is 3.59. The van der Waals surface area contributed by atoms with Crippen LogP contribution < -0.4 is 5.32 Å². The number of rotatable bonds is 4. The van der Waals surface area contributed by atoms with Gasteiger partial charge in [0.1, 0.15) is 5.52 Å². The minimum Gasteiger partial charge on any atom is -0.424 e. The first-order valence-corrected chi connectivity index (χ1v) is 6.81. The molecule has 2 heterocycles. The fourth-order valence-corrected chi connectivity index (χ4v) is 2.34. The predicted molar refractivity (Wildman–Crippen MR) is 76.4 cm³/mol. The summed E-state index contributed by atoms with van der Waals surface area (Å²) in [5.74, 6) is 0. The van der Waals surface area contributed by atoms with Gasteiger partial charge in [0, 0.05) is 39.3 Å². The van der Waals surface area contributed by atoms with Gasteiger partial charge in [-0.3, -0.25) is 4.90 Å². The molecule has 0 radical (unpaired) electrons. The van der Waals surface area contributed by atoms with E-state index in [1.165, 1.54) is 0 Å². The van der Waals surface area contributed by atoms with Gasteiger partial charge in [0.15, 0.2) is 5.58 Å². The van der Waals surface area contributed by atoms with Crippen LogP contribution >= 0.6 is 0 Å². The van der Waals surface area contributed by atoms with Crippen molar-refractivity contribution in [1.82, 2.24) is 14.8 Å². The zero-order valence-electron chi connectivity index (χ0n) is 11.3. The number of nitrogens with zero attached hydrogens (tertiary/aromatic N) is 3. The van der Waals surface area contributed by atoms with Crippen LogP contribution in [0, 0.1) is 0 Å². The SMILES string of the molecule is CN1CCN(CCNc2nc3ccccc3o2)CC1. The molecule has 19 heavy (non-hydrogen) atoms. The highest BCUT2D eigenvalue weighted by Gasteiger charge is 2.13. The summed E-state index contributed by atoms with van der Waals surface area (Å²) in [5.41, 5.74) is 1.74. The molecule has 1 aromatic heterocycles. The van der Waals surface area contributed by atoms with Gasteiger partial charge in [-0.25, -0.2) is 0 Å². The van der Waals surface area contributed by atoms with Gasteiger partial charge in [0.2, 0.25) is 0 Å². The summed E-state index contributed by atoms with van der Waals surface area (Å²) in [5, 5.41) is 3.26. The molecule has 102 valence electrons. The number of anilines is 1. The fraction of sp³-hybridized carbons (Fsp3) is 0.500. The number of likely N-dealkylation sites (N-methyl/N-ethyl adjacent to an activating group) is 1. The maximum atomic E-state index is 5.63. The molecule has 0 atom stereocenters. The van der Waals surface area contributed by atoms with Gasteiger partial charge in [0.25, 0.3) is 6.01 Å². The lowest BCUT2D eigenvalue weighted by Crippen LogP contribution is -2.45. The summed E-state index contributed by atoms with van der Waals surface area (Å²) >= 11 is 0. The Hall–Kier alpha value is -1.59. The smallest absolute Gasteiger partial charge is 0.295 e. The summed E-state index contributed by atoms with van der Waals surface area (Å²) in [6.45, 7) is 6.51. The molecule has 1 N–H and O–H groups in total. The van der Waals surface area contributed by atoms with Crippen molar-refractivity contribution in [3.8, 4) is 0 Å².